The molecule has 0 aliphatic carbocycles. The number of nitrogens with zero attached hydrogens (tertiary/aromatic N) is 1. The Balaban J connectivity index is 2.18. The molecule has 0 bridgehead atoms. The van der Waals surface area contributed by atoms with E-state index in [1.165, 1.54) is 0 Å². The summed E-state index contributed by atoms with van der Waals surface area (Å²) in [6, 6.07) is 1.04. The van der Waals surface area contributed by atoms with Crippen molar-refractivity contribution < 1.29 is 8.42 Å². The molecule has 0 unspecified atom stereocenters. The molecule has 0 radical (unpaired) electrons. The van der Waals surface area contributed by atoms with Gasteiger partial charge in [-0.25, -0.2) is 13.6 Å². The number of rotatable bonds is 5. The summed E-state index contributed by atoms with van der Waals surface area (Å²) in [4.78, 5) is 2.44. The molecule has 1 rings (SSSR count). The van der Waals surface area contributed by atoms with Gasteiger partial charge in [0.05, 0.1) is 5.75 Å². The van der Waals surface area contributed by atoms with Gasteiger partial charge in [0.15, 0.2) is 0 Å². The Morgan fingerprint density at radius 1 is 1.38 bits per heavy atom. The van der Waals surface area contributed by atoms with Gasteiger partial charge in [0, 0.05) is 18.6 Å². The smallest absolute Gasteiger partial charge is 0.210 e. The maximum absolute atomic E-state index is 10.7. The second kappa shape index (κ2) is 5.95. The first-order chi connectivity index (χ1) is 7.38. The second-order valence-electron chi connectivity index (χ2n) is 4.73. The van der Waals surface area contributed by atoms with Gasteiger partial charge in [0.2, 0.25) is 10.0 Å². The van der Waals surface area contributed by atoms with E-state index < -0.39 is 10.0 Å². The fourth-order valence-corrected chi connectivity index (χ4v) is 2.43. The van der Waals surface area contributed by atoms with E-state index >= 15 is 0 Å². The van der Waals surface area contributed by atoms with Crippen LogP contribution in [0, 0.1) is 0 Å². The van der Waals surface area contributed by atoms with Crippen molar-refractivity contribution in [3.05, 3.63) is 0 Å². The fraction of sp³-hybridized carbons (Fsp3) is 1.00. The molecule has 1 saturated heterocycles. The highest BCUT2D eigenvalue weighted by molar-refractivity contribution is 7.89. The summed E-state index contributed by atoms with van der Waals surface area (Å²) in [6.45, 7) is 7.05. The van der Waals surface area contributed by atoms with Crippen molar-refractivity contribution in [2.45, 2.75) is 38.8 Å². The molecule has 1 aliphatic heterocycles. The Morgan fingerprint density at radius 3 is 2.38 bits per heavy atom. The van der Waals surface area contributed by atoms with Crippen LogP contribution in [-0.2, 0) is 10.0 Å². The van der Waals surface area contributed by atoms with Crippen LogP contribution in [0.15, 0.2) is 0 Å². The highest BCUT2D eigenvalue weighted by Crippen LogP contribution is 2.12. The summed E-state index contributed by atoms with van der Waals surface area (Å²) >= 11 is 0. The van der Waals surface area contributed by atoms with E-state index in [-0.39, 0.29) is 5.75 Å². The lowest BCUT2D eigenvalue weighted by atomic mass is 10.0. The summed E-state index contributed by atoms with van der Waals surface area (Å²) in [6.07, 6.45) is 2.17. The van der Waals surface area contributed by atoms with E-state index in [9.17, 15) is 8.42 Å². The molecule has 3 N–H and O–H groups in total. The molecule has 0 atom stereocenters. The van der Waals surface area contributed by atoms with Crippen LogP contribution in [0.4, 0.5) is 0 Å². The zero-order valence-electron chi connectivity index (χ0n) is 10.1. The summed E-state index contributed by atoms with van der Waals surface area (Å²) in [5, 5.41) is 8.19. The summed E-state index contributed by atoms with van der Waals surface area (Å²) in [5.41, 5.74) is 0. The van der Waals surface area contributed by atoms with E-state index in [0.717, 1.165) is 25.9 Å². The zero-order valence-corrected chi connectivity index (χ0v) is 11.0. The number of sulfonamides is 1. The van der Waals surface area contributed by atoms with Crippen LogP contribution in [-0.4, -0.2) is 50.8 Å². The van der Waals surface area contributed by atoms with Crippen LogP contribution >= 0.6 is 0 Å². The Bertz CT molecular complexity index is 295. The van der Waals surface area contributed by atoms with E-state index in [1.54, 1.807) is 0 Å². The van der Waals surface area contributed by atoms with Crippen molar-refractivity contribution in [2.75, 3.05) is 25.4 Å². The lowest BCUT2D eigenvalue weighted by Gasteiger charge is -2.34. The van der Waals surface area contributed by atoms with Crippen LogP contribution in [0.2, 0.25) is 0 Å². The Hall–Kier alpha value is -0.170. The molecule has 5 nitrogen and oxygen atoms in total. The molecule has 0 saturated carbocycles. The van der Waals surface area contributed by atoms with Crippen LogP contribution in [0.3, 0.4) is 0 Å². The summed E-state index contributed by atoms with van der Waals surface area (Å²) < 4.78 is 21.5. The molecule has 0 aromatic carbocycles. The number of likely N-dealkylation sites (tertiary alicyclic amines) is 1. The SMILES string of the molecule is CC(C)N1CCC(NCCS(N)(=O)=O)CC1. The highest BCUT2D eigenvalue weighted by atomic mass is 32.2. The van der Waals surface area contributed by atoms with E-state index in [0.29, 0.717) is 18.6 Å². The van der Waals surface area contributed by atoms with Crippen LogP contribution in [0.1, 0.15) is 26.7 Å². The Morgan fingerprint density at radius 2 is 1.94 bits per heavy atom. The van der Waals surface area contributed by atoms with E-state index in [2.05, 4.69) is 24.1 Å². The lowest BCUT2D eigenvalue weighted by molar-refractivity contribution is 0.162. The topological polar surface area (TPSA) is 75.4 Å². The normalized spacial score (nSPS) is 20.5. The first kappa shape index (κ1) is 13.9. The maximum atomic E-state index is 10.7. The van der Waals surface area contributed by atoms with Gasteiger partial charge in [-0.15, -0.1) is 0 Å². The molecule has 0 aromatic rings. The molecule has 0 aromatic heterocycles. The molecule has 1 heterocycles. The van der Waals surface area contributed by atoms with E-state index in [1.807, 2.05) is 0 Å². The van der Waals surface area contributed by atoms with Crippen molar-refractivity contribution >= 4 is 10.0 Å². The zero-order chi connectivity index (χ0) is 12.2. The third-order valence-corrected chi connectivity index (χ3v) is 3.85. The highest BCUT2D eigenvalue weighted by Gasteiger charge is 2.20. The number of nitrogens with two attached hydrogens (primary N) is 1. The Labute approximate surface area is 98.4 Å². The van der Waals surface area contributed by atoms with Crippen molar-refractivity contribution in [1.82, 2.24) is 10.2 Å². The van der Waals surface area contributed by atoms with Gasteiger partial charge in [0.25, 0.3) is 0 Å². The largest absolute Gasteiger partial charge is 0.313 e. The van der Waals surface area contributed by atoms with E-state index in [4.69, 9.17) is 5.14 Å². The first-order valence-corrected chi connectivity index (χ1v) is 7.58. The molecular weight excluding hydrogens is 226 g/mol. The summed E-state index contributed by atoms with van der Waals surface area (Å²) in [7, 11) is -3.32. The quantitative estimate of drug-likeness (QED) is 0.704. The third kappa shape index (κ3) is 5.25. The molecule has 6 heteroatoms. The number of nitrogens with one attached hydrogen (secondary N) is 1. The molecule has 96 valence electrons. The first-order valence-electron chi connectivity index (χ1n) is 5.86. The molecule has 1 aliphatic rings. The minimum absolute atomic E-state index is 0.0252. The van der Waals surface area contributed by atoms with Crippen molar-refractivity contribution in [3.8, 4) is 0 Å². The number of hydrogen-bond acceptors (Lipinski definition) is 4. The fourth-order valence-electron chi connectivity index (χ4n) is 2.03. The van der Waals surface area contributed by atoms with Crippen LogP contribution in [0.25, 0.3) is 0 Å². The van der Waals surface area contributed by atoms with Gasteiger partial charge >= 0.3 is 0 Å². The van der Waals surface area contributed by atoms with Gasteiger partial charge in [-0.1, -0.05) is 0 Å². The van der Waals surface area contributed by atoms with Crippen molar-refractivity contribution in [2.24, 2.45) is 5.14 Å². The van der Waals surface area contributed by atoms with Gasteiger partial charge in [-0.3, -0.25) is 0 Å². The molecular formula is C10H23N3O2S. The monoisotopic (exact) mass is 249 g/mol. The summed E-state index contributed by atoms with van der Waals surface area (Å²) in [5.74, 6) is 0.0252. The van der Waals surface area contributed by atoms with Gasteiger partial charge in [-0.2, -0.15) is 0 Å². The van der Waals surface area contributed by atoms with Gasteiger partial charge in [0.1, 0.15) is 0 Å². The van der Waals surface area contributed by atoms with Gasteiger partial charge < -0.3 is 10.2 Å². The molecule has 1 fully saturated rings. The molecule has 0 amide bonds. The van der Waals surface area contributed by atoms with Crippen LogP contribution < -0.4 is 10.5 Å². The molecule has 16 heavy (non-hydrogen) atoms. The Kier molecular flexibility index (Phi) is 5.17. The maximum Gasteiger partial charge on any atom is 0.210 e. The minimum Gasteiger partial charge on any atom is -0.313 e. The molecule has 0 spiro atoms. The average Bonchev–Trinajstić information content (AvgIpc) is 2.16. The predicted molar refractivity (Wildman–Crippen MR) is 65.7 cm³/mol. The third-order valence-electron chi connectivity index (χ3n) is 3.08. The second-order valence-corrected chi connectivity index (χ2v) is 6.46. The average molecular weight is 249 g/mol. The number of hydrogen-bond donors (Lipinski definition) is 2. The predicted octanol–water partition coefficient (Wildman–Crippen LogP) is -0.263. The number of primary sulfonamides is 1. The van der Waals surface area contributed by atoms with Crippen molar-refractivity contribution in [3.63, 3.8) is 0 Å². The van der Waals surface area contributed by atoms with Crippen molar-refractivity contribution in [1.29, 1.82) is 0 Å². The minimum atomic E-state index is -3.32. The van der Waals surface area contributed by atoms with Gasteiger partial charge in [-0.05, 0) is 39.8 Å². The lowest BCUT2D eigenvalue weighted by Crippen LogP contribution is -2.46. The standard InChI is InChI=1S/C10H23N3O2S/c1-9(2)13-6-3-10(4-7-13)12-5-8-16(11,14)15/h9-10,12H,3-8H2,1-2H3,(H2,11,14,15). The van der Waals surface area contributed by atoms with Crippen LogP contribution in [0.5, 0.6) is 0 Å². The number of piperidine rings is 1.